The molecule has 0 radical (unpaired) electrons. The van der Waals surface area contributed by atoms with E-state index in [4.69, 9.17) is 4.74 Å². The number of pyridine rings is 1. The van der Waals surface area contributed by atoms with E-state index in [0.717, 1.165) is 52.2 Å². The van der Waals surface area contributed by atoms with Gasteiger partial charge in [0.2, 0.25) is 5.95 Å². The van der Waals surface area contributed by atoms with Crippen LogP contribution in [0.3, 0.4) is 0 Å². The van der Waals surface area contributed by atoms with Crippen molar-refractivity contribution in [1.29, 1.82) is 0 Å². The van der Waals surface area contributed by atoms with Crippen molar-refractivity contribution in [2.24, 2.45) is 13.0 Å². The highest BCUT2D eigenvalue weighted by molar-refractivity contribution is 5.82. The highest BCUT2D eigenvalue weighted by atomic mass is 16.5. The monoisotopic (exact) mass is 370 g/mol. The Balaban J connectivity index is 1.43. The van der Waals surface area contributed by atoms with E-state index >= 15 is 0 Å². The van der Waals surface area contributed by atoms with Gasteiger partial charge in [0.05, 0.1) is 17.4 Å². The maximum absolute atomic E-state index is 5.96. The first-order valence-electron chi connectivity index (χ1n) is 9.66. The standard InChI is InChI=1S/C23H22N4O/c1-27-22-13-20(24-15-21(22)26-23(27)25-14-16-10-11-16)17-6-5-9-19(12-17)28-18-7-3-2-4-8-18/h2-9,12-13,15-16H,10-11,14H2,1H3,(H,25,26). The summed E-state index contributed by atoms with van der Waals surface area (Å²) in [6.07, 6.45) is 4.49. The van der Waals surface area contributed by atoms with Crippen molar-refractivity contribution in [2.45, 2.75) is 12.8 Å². The van der Waals surface area contributed by atoms with Crippen LogP contribution in [0.5, 0.6) is 11.5 Å². The highest BCUT2D eigenvalue weighted by Crippen LogP contribution is 2.30. The quantitative estimate of drug-likeness (QED) is 0.504. The molecule has 5 nitrogen and oxygen atoms in total. The Morgan fingerprint density at radius 2 is 1.86 bits per heavy atom. The Hall–Kier alpha value is -3.34. The van der Waals surface area contributed by atoms with Gasteiger partial charge in [-0.05, 0) is 49.1 Å². The van der Waals surface area contributed by atoms with Gasteiger partial charge in [-0.25, -0.2) is 4.98 Å². The minimum Gasteiger partial charge on any atom is -0.457 e. The number of para-hydroxylation sites is 1. The molecular weight excluding hydrogens is 348 g/mol. The topological polar surface area (TPSA) is 52.0 Å². The number of aryl methyl sites for hydroxylation is 1. The first-order valence-corrected chi connectivity index (χ1v) is 9.66. The van der Waals surface area contributed by atoms with E-state index in [1.165, 1.54) is 12.8 Å². The summed E-state index contributed by atoms with van der Waals surface area (Å²) in [5, 5.41) is 3.46. The lowest BCUT2D eigenvalue weighted by Crippen LogP contribution is -2.07. The summed E-state index contributed by atoms with van der Waals surface area (Å²) < 4.78 is 8.07. The first-order chi connectivity index (χ1) is 13.8. The van der Waals surface area contributed by atoms with E-state index < -0.39 is 0 Å². The van der Waals surface area contributed by atoms with Gasteiger partial charge in [-0.3, -0.25) is 4.98 Å². The van der Waals surface area contributed by atoms with E-state index in [-0.39, 0.29) is 0 Å². The third-order valence-corrected chi connectivity index (χ3v) is 5.12. The Morgan fingerprint density at radius 3 is 2.68 bits per heavy atom. The third-order valence-electron chi connectivity index (χ3n) is 5.12. The molecule has 0 unspecified atom stereocenters. The fourth-order valence-corrected chi connectivity index (χ4v) is 3.31. The van der Waals surface area contributed by atoms with Gasteiger partial charge in [0, 0.05) is 19.2 Å². The summed E-state index contributed by atoms with van der Waals surface area (Å²) in [5.41, 5.74) is 3.89. The normalized spacial score (nSPS) is 13.6. The summed E-state index contributed by atoms with van der Waals surface area (Å²) in [6, 6.07) is 19.9. The van der Waals surface area contributed by atoms with Crippen molar-refractivity contribution < 1.29 is 4.74 Å². The molecular formula is C23H22N4O. The molecule has 2 aromatic heterocycles. The van der Waals surface area contributed by atoms with Crippen molar-refractivity contribution in [2.75, 3.05) is 11.9 Å². The van der Waals surface area contributed by atoms with Crippen LogP contribution in [0.25, 0.3) is 22.3 Å². The molecule has 1 N–H and O–H groups in total. The molecule has 2 heterocycles. The number of aromatic nitrogens is 3. The Labute approximate surface area is 164 Å². The molecule has 1 aliphatic carbocycles. The fraction of sp³-hybridized carbons (Fsp3) is 0.217. The smallest absolute Gasteiger partial charge is 0.203 e. The number of ether oxygens (including phenoxy) is 1. The molecule has 0 bridgehead atoms. The average Bonchev–Trinajstić information content (AvgIpc) is 3.51. The molecule has 5 heteroatoms. The van der Waals surface area contributed by atoms with Crippen LogP contribution in [0.4, 0.5) is 5.95 Å². The largest absolute Gasteiger partial charge is 0.457 e. The number of rotatable bonds is 6. The van der Waals surface area contributed by atoms with Gasteiger partial charge in [0.15, 0.2) is 0 Å². The molecule has 28 heavy (non-hydrogen) atoms. The molecule has 2 aromatic carbocycles. The molecule has 4 aromatic rings. The molecule has 1 fully saturated rings. The van der Waals surface area contributed by atoms with E-state index in [1.54, 1.807) is 0 Å². The Morgan fingerprint density at radius 1 is 1.04 bits per heavy atom. The van der Waals surface area contributed by atoms with Crippen molar-refractivity contribution in [1.82, 2.24) is 14.5 Å². The second-order valence-corrected chi connectivity index (χ2v) is 7.32. The van der Waals surface area contributed by atoms with Crippen molar-refractivity contribution in [3.05, 3.63) is 66.9 Å². The predicted octanol–water partition coefficient (Wildman–Crippen LogP) is 5.25. The number of nitrogens with one attached hydrogen (secondary N) is 1. The zero-order valence-electron chi connectivity index (χ0n) is 15.8. The van der Waals surface area contributed by atoms with E-state index in [2.05, 4.69) is 32.0 Å². The van der Waals surface area contributed by atoms with E-state index in [1.807, 2.05) is 61.8 Å². The summed E-state index contributed by atoms with van der Waals surface area (Å²) in [6.45, 7) is 0.996. The highest BCUT2D eigenvalue weighted by Gasteiger charge is 2.21. The van der Waals surface area contributed by atoms with Crippen molar-refractivity contribution in [3.8, 4) is 22.8 Å². The number of anilines is 1. The minimum absolute atomic E-state index is 0.794. The van der Waals surface area contributed by atoms with Crippen LogP contribution >= 0.6 is 0 Å². The molecule has 1 saturated carbocycles. The molecule has 0 atom stereocenters. The lowest BCUT2D eigenvalue weighted by Gasteiger charge is -2.08. The van der Waals surface area contributed by atoms with Crippen molar-refractivity contribution in [3.63, 3.8) is 0 Å². The fourth-order valence-electron chi connectivity index (χ4n) is 3.31. The van der Waals surface area contributed by atoms with Crippen LogP contribution < -0.4 is 10.1 Å². The SMILES string of the molecule is Cn1c(NCC2CC2)nc2cnc(-c3cccc(Oc4ccccc4)c3)cc21. The lowest BCUT2D eigenvalue weighted by molar-refractivity contribution is 0.483. The molecule has 5 rings (SSSR count). The van der Waals surface area contributed by atoms with Crippen LogP contribution in [0.1, 0.15) is 12.8 Å². The Bertz CT molecular complexity index is 1120. The molecule has 0 amide bonds. The zero-order valence-corrected chi connectivity index (χ0v) is 15.8. The average molecular weight is 370 g/mol. The third kappa shape index (κ3) is 3.43. The minimum atomic E-state index is 0.794. The summed E-state index contributed by atoms with van der Waals surface area (Å²) in [7, 11) is 2.04. The van der Waals surface area contributed by atoms with Crippen LogP contribution in [0.2, 0.25) is 0 Å². The summed E-state index contributed by atoms with van der Waals surface area (Å²) >= 11 is 0. The van der Waals surface area contributed by atoms with Crippen LogP contribution in [-0.2, 0) is 7.05 Å². The van der Waals surface area contributed by atoms with Crippen LogP contribution in [0, 0.1) is 5.92 Å². The van der Waals surface area contributed by atoms with Gasteiger partial charge in [-0.15, -0.1) is 0 Å². The molecule has 0 saturated heterocycles. The molecule has 0 spiro atoms. The maximum Gasteiger partial charge on any atom is 0.203 e. The first kappa shape index (κ1) is 16.8. The lowest BCUT2D eigenvalue weighted by atomic mass is 10.1. The number of nitrogens with zero attached hydrogens (tertiary/aromatic N) is 3. The van der Waals surface area contributed by atoms with E-state index in [9.17, 15) is 0 Å². The number of hydrogen-bond acceptors (Lipinski definition) is 4. The van der Waals surface area contributed by atoms with Gasteiger partial charge >= 0.3 is 0 Å². The Kier molecular flexibility index (Phi) is 4.20. The van der Waals surface area contributed by atoms with Crippen LogP contribution in [-0.4, -0.2) is 21.1 Å². The van der Waals surface area contributed by atoms with Gasteiger partial charge < -0.3 is 14.6 Å². The molecule has 140 valence electrons. The second-order valence-electron chi connectivity index (χ2n) is 7.32. The summed E-state index contributed by atoms with van der Waals surface area (Å²) in [5.74, 6) is 3.33. The van der Waals surface area contributed by atoms with Crippen LogP contribution in [0.15, 0.2) is 66.9 Å². The number of imidazole rings is 1. The van der Waals surface area contributed by atoms with Gasteiger partial charge in [0.25, 0.3) is 0 Å². The predicted molar refractivity (Wildman–Crippen MR) is 112 cm³/mol. The number of fused-ring (bicyclic) bond motifs is 1. The van der Waals surface area contributed by atoms with E-state index in [0.29, 0.717) is 0 Å². The number of benzene rings is 2. The van der Waals surface area contributed by atoms with Gasteiger partial charge in [-0.2, -0.15) is 0 Å². The molecule has 0 aliphatic heterocycles. The maximum atomic E-state index is 5.96. The zero-order chi connectivity index (χ0) is 18.9. The van der Waals surface area contributed by atoms with Gasteiger partial charge in [-0.1, -0.05) is 30.3 Å². The van der Waals surface area contributed by atoms with Gasteiger partial charge in [0.1, 0.15) is 17.0 Å². The second kappa shape index (κ2) is 7.00. The van der Waals surface area contributed by atoms with Crippen molar-refractivity contribution >= 4 is 17.0 Å². The number of hydrogen-bond donors (Lipinski definition) is 1. The summed E-state index contributed by atoms with van der Waals surface area (Å²) in [4.78, 5) is 9.31. The molecule has 1 aliphatic rings.